The van der Waals surface area contributed by atoms with Crippen molar-refractivity contribution in [3.63, 3.8) is 0 Å². The van der Waals surface area contributed by atoms with Gasteiger partial charge in [-0.3, -0.25) is 0 Å². The van der Waals surface area contributed by atoms with Crippen LogP contribution in [0.15, 0.2) is 0 Å². The number of carbonyl (C=O) groups is 1. The standard InChI is InChI=1S/C3H9N.C2H4O3/c1-3(2)4;1-5-2(3)4/h3H,4H2,1-2H3;1H3,(H,3,4). The van der Waals surface area contributed by atoms with Crippen molar-refractivity contribution in [1.82, 2.24) is 0 Å². The maximum atomic E-state index is 9.15. The van der Waals surface area contributed by atoms with Gasteiger partial charge in [-0.2, -0.15) is 0 Å². The molecule has 4 heteroatoms. The molecule has 9 heavy (non-hydrogen) atoms. The van der Waals surface area contributed by atoms with Gasteiger partial charge in [0.25, 0.3) is 0 Å². The molecule has 0 aliphatic heterocycles. The molecule has 0 spiro atoms. The predicted molar refractivity (Wildman–Crippen MR) is 34.4 cm³/mol. The topological polar surface area (TPSA) is 72.5 Å². The molecule has 0 aromatic heterocycles. The molecule has 0 fully saturated rings. The monoisotopic (exact) mass is 135 g/mol. The fraction of sp³-hybridized carbons (Fsp3) is 0.800. The molecule has 0 saturated heterocycles. The first-order valence-corrected chi connectivity index (χ1v) is 2.53. The summed E-state index contributed by atoms with van der Waals surface area (Å²) in [4.78, 5) is 9.15. The van der Waals surface area contributed by atoms with Crippen molar-refractivity contribution in [2.24, 2.45) is 5.73 Å². The molecule has 56 valence electrons. The molecule has 0 bridgehead atoms. The normalized spacial score (nSPS) is 7.67. The minimum atomic E-state index is -1.25. The molecule has 0 amide bonds. The van der Waals surface area contributed by atoms with Gasteiger partial charge in [0.15, 0.2) is 0 Å². The number of carboxylic acid groups (broad SMARTS) is 1. The van der Waals surface area contributed by atoms with Gasteiger partial charge >= 0.3 is 6.16 Å². The lowest BCUT2D eigenvalue weighted by atomic mass is 10.5. The van der Waals surface area contributed by atoms with Crippen molar-refractivity contribution in [3.05, 3.63) is 0 Å². The van der Waals surface area contributed by atoms with Crippen LogP contribution in [0.2, 0.25) is 0 Å². The zero-order valence-corrected chi connectivity index (χ0v) is 5.92. The number of hydrogen-bond donors (Lipinski definition) is 2. The second-order valence-electron chi connectivity index (χ2n) is 1.71. The number of methoxy groups -OCH3 is 1. The van der Waals surface area contributed by atoms with Gasteiger partial charge in [0, 0.05) is 0 Å². The Bertz CT molecular complexity index is 69.8. The first-order valence-electron chi connectivity index (χ1n) is 2.53. The number of ether oxygens (including phenoxy) is 1. The zero-order valence-electron chi connectivity index (χ0n) is 5.92. The summed E-state index contributed by atoms with van der Waals surface area (Å²) < 4.78 is 3.67. The second-order valence-corrected chi connectivity index (χ2v) is 1.71. The van der Waals surface area contributed by atoms with E-state index in [4.69, 9.17) is 15.6 Å². The molecule has 0 aromatic rings. The van der Waals surface area contributed by atoms with Crippen molar-refractivity contribution >= 4 is 6.16 Å². The van der Waals surface area contributed by atoms with Crippen LogP contribution in [0.4, 0.5) is 4.79 Å². The number of nitrogens with two attached hydrogens (primary N) is 1. The van der Waals surface area contributed by atoms with Gasteiger partial charge in [0.05, 0.1) is 7.11 Å². The molecular weight excluding hydrogens is 122 g/mol. The van der Waals surface area contributed by atoms with Gasteiger partial charge in [0.1, 0.15) is 0 Å². The fourth-order valence-electron chi connectivity index (χ4n) is 0. The minimum Gasteiger partial charge on any atom is -0.450 e. The van der Waals surface area contributed by atoms with E-state index in [9.17, 15) is 0 Å². The van der Waals surface area contributed by atoms with E-state index in [2.05, 4.69) is 4.74 Å². The lowest BCUT2D eigenvalue weighted by Crippen LogP contribution is -2.06. The maximum absolute atomic E-state index is 9.15. The van der Waals surface area contributed by atoms with Gasteiger partial charge in [-0.25, -0.2) is 4.79 Å². The maximum Gasteiger partial charge on any atom is 0.505 e. The summed E-state index contributed by atoms with van der Waals surface area (Å²) in [6.07, 6.45) is -1.25. The Kier molecular flexibility index (Phi) is 8.90. The molecule has 0 aliphatic carbocycles. The summed E-state index contributed by atoms with van der Waals surface area (Å²) in [5, 5.41) is 7.50. The Labute approximate surface area is 54.6 Å². The van der Waals surface area contributed by atoms with Gasteiger partial charge in [-0.1, -0.05) is 13.8 Å². The molecule has 0 aromatic carbocycles. The van der Waals surface area contributed by atoms with E-state index in [0.29, 0.717) is 6.04 Å². The molecule has 0 heterocycles. The third kappa shape index (κ3) is 131. The molecule has 4 nitrogen and oxygen atoms in total. The third-order valence-corrected chi connectivity index (χ3v) is 0.175. The summed E-state index contributed by atoms with van der Waals surface area (Å²) in [6, 6.07) is 0.333. The Morgan fingerprint density at radius 1 is 1.67 bits per heavy atom. The first-order chi connectivity index (χ1) is 4.00. The molecule has 0 saturated carbocycles. The highest BCUT2D eigenvalue weighted by Crippen LogP contribution is 1.60. The van der Waals surface area contributed by atoms with Crippen LogP contribution in [-0.2, 0) is 4.74 Å². The lowest BCUT2D eigenvalue weighted by Gasteiger charge is -1.81. The van der Waals surface area contributed by atoms with Crippen LogP contribution in [0.1, 0.15) is 13.8 Å². The zero-order chi connectivity index (χ0) is 7.86. The van der Waals surface area contributed by atoms with E-state index in [1.54, 1.807) is 0 Å². The average molecular weight is 135 g/mol. The van der Waals surface area contributed by atoms with E-state index in [1.807, 2.05) is 13.8 Å². The second kappa shape index (κ2) is 7.23. The summed E-state index contributed by atoms with van der Waals surface area (Å²) in [5.41, 5.74) is 5.11. The Morgan fingerprint density at radius 2 is 1.78 bits per heavy atom. The van der Waals surface area contributed by atoms with Crippen molar-refractivity contribution in [3.8, 4) is 0 Å². The third-order valence-electron chi connectivity index (χ3n) is 0.175. The highest BCUT2D eigenvalue weighted by molar-refractivity contribution is 5.56. The lowest BCUT2D eigenvalue weighted by molar-refractivity contribution is 0.114. The Hall–Kier alpha value is -0.770. The van der Waals surface area contributed by atoms with E-state index >= 15 is 0 Å². The van der Waals surface area contributed by atoms with E-state index in [0.717, 1.165) is 7.11 Å². The van der Waals surface area contributed by atoms with Crippen LogP contribution in [0.3, 0.4) is 0 Å². The quantitative estimate of drug-likeness (QED) is 0.479. The average Bonchev–Trinajstić information content (AvgIpc) is 1.65. The Balaban J connectivity index is 0. The van der Waals surface area contributed by atoms with Gasteiger partial charge in [-0.15, -0.1) is 0 Å². The predicted octanol–water partition coefficient (Wildman–Crippen LogP) is 0.664. The molecular formula is C5H13NO3. The van der Waals surface area contributed by atoms with Crippen molar-refractivity contribution in [2.45, 2.75) is 19.9 Å². The summed E-state index contributed by atoms with van der Waals surface area (Å²) >= 11 is 0. The molecule has 0 unspecified atom stereocenters. The van der Waals surface area contributed by atoms with E-state index in [-0.39, 0.29) is 0 Å². The minimum absolute atomic E-state index is 0.333. The molecule has 3 N–H and O–H groups in total. The van der Waals surface area contributed by atoms with Crippen LogP contribution in [0.5, 0.6) is 0 Å². The summed E-state index contributed by atoms with van der Waals surface area (Å²) in [7, 11) is 1.10. The van der Waals surface area contributed by atoms with E-state index < -0.39 is 6.16 Å². The van der Waals surface area contributed by atoms with Gasteiger partial charge in [0.2, 0.25) is 0 Å². The number of hydrogen-bond acceptors (Lipinski definition) is 3. The number of rotatable bonds is 0. The molecule has 0 atom stereocenters. The van der Waals surface area contributed by atoms with E-state index in [1.165, 1.54) is 0 Å². The van der Waals surface area contributed by atoms with Crippen LogP contribution in [-0.4, -0.2) is 24.4 Å². The van der Waals surface area contributed by atoms with Crippen LogP contribution in [0, 0.1) is 0 Å². The Morgan fingerprint density at radius 3 is 1.78 bits per heavy atom. The molecule has 0 rings (SSSR count). The highest BCUT2D eigenvalue weighted by atomic mass is 16.6. The SMILES string of the molecule is CC(C)N.COC(=O)O. The summed E-state index contributed by atoms with van der Waals surface area (Å²) in [5.74, 6) is 0. The van der Waals surface area contributed by atoms with Gasteiger partial charge in [-0.05, 0) is 6.04 Å². The van der Waals surface area contributed by atoms with Crippen LogP contribution in [0.25, 0.3) is 0 Å². The fourth-order valence-corrected chi connectivity index (χ4v) is 0. The van der Waals surface area contributed by atoms with Crippen molar-refractivity contribution in [1.29, 1.82) is 0 Å². The first kappa shape index (κ1) is 11.1. The van der Waals surface area contributed by atoms with Crippen molar-refractivity contribution in [2.75, 3.05) is 7.11 Å². The molecule has 0 radical (unpaired) electrons. The van der Waals surface area contributed by atoms with Crippen LogP contribution >= 0.6 is 0 Å². The highest BCUT2D eigenvalue weighted by Gasteiger charge is 1.80. The smallest absolute Gasteiger partial charge is 0.450 e. The van der Waals surface area contributed by atoms with Crippen molar-refractivity contribution < 1.29 is 14.6 Å². The largest absolute Gasteiger partial charge is 0.505 e. The van der Waals surface area contributed by atoms with Crippen LogP contribution < -0.4 is 5.73 Å². The van der Waals surface area contributed by atoms with Gasteiger partial charge < -0.3 is 15.6 Å². The summed E-state index contributed by atoms with van der Waals surface area (Å²) in [6.45, 7) is 3.89. The molecule has 0 aliphatic rings.